The second-order valence-corrected chi connectivity index (χ2v) is 5.87. The van der Waals surface area contributed by atoms with Gasteiger partial charge >= 0.3 is 5.97 Å². The van der Waals surface area contributed by atoms with Crippen molar-refractivity contribution in [2.75, 3.05) is 25.6 Å². The highest BCUT2D eigenvalue weighted by Gasteiger charge is 2.10. The number of benzene rings is 2. The fraction of sp³-hybridized carbons (Fsp3) is 0.263. The molecule has 0 radical (unpaired) electrons. The summed E-state index contributed by atoms with van der Waals surface area (Å²) in [6.45, 7) is 1.66. The molecule has 0 aliphatic heterocycles. The van der Waals surface area contributed by atoms with Gasteiger partial charge in [0.05, 0.1) is 30.8 Å². The molecule has 2 aromatic carbocycles. The quantitative estimate of drug-likeness (QED) is 0.711. The molecule has 26 heavy (non-hydrogen) atoms. The Bertz CT molecular complexity index is 761. The molecule has 0 aliphatic carbocycles. The third-order valence-corrected chi connectivity index (χ3v) is 3.71. The monoisotopic (exact) mass is 377 g/mol. The Morgan fingerprint density at radius 3 is 2.42 bits per heavy atom. The Kier molecular flexibility index (Phi) is 7.29. The van der Waals surface area contributed by atoms with Crippen LogP contribution in [0.2, 0.25) is 5.02 Å². The first-order valence-electron chi connectivity index (χ1n) is 7.96. The van der Waals surface area contributed by atoms with E-state index < -0.39 is 11.9 Å². The minimum atomic E-state index is -0.524. The van der Waals surface area contributed by atoms with Crippen LogP contribution in [0.4, 0.5) is 5.69 Å². The maximum absolute atomic E-state index is 11.8. The average molecular weight is 378 g/mol. The smallest absolute Gasteiger partial charge is 0.309 e. The number of hydrogen-bond acceptors (Lipinski definition) is 5. The van der Waals surface area contributed by atoms with E-state index in [9.17, 15) is 9.59 Å². The lowest BCUT2D eigenvalue weighted by atomic mass is 10.2. The number of carbonyl (C=O) groups excluding carboxylic acids is 2. The van der Waals surface area contributed by atoms with Crippen molar-refractivity contribution in [3.05, 3.63) is 53.1 Å². The van der Waals surface area contributed by atoms with Crippen molar-refractivity contribution in [1.82, 2.24) is 0 Å². The second kappa shape index (κ2) is 9.68. The Morgan fingerprint density at radius 2 is 1.77 bits per heavy atom. The van der Waals surface area contributed by atoms with Crippen molar-refractivity contribution in [3.8, 4) is 11.5 Å². The predicted molar refractivity (Wildman–Crippen MR) is 98.9 cm³/mol. The number of rotatable bonds is 8. The lowest BCUT2D eigenvalue weighted by Crippen LogP contribution is -2.21. The summed E-state index contributed by atoms with van der Waals surface area (Å²) in [6, 6.07) is 12.2. The van der Waals surface area contributed by atoms with Crippen LogP contribution in [0, 0.1) is 6.92 Å². The van der Waals surface area contributed by atoms with Crippen LogP contribution in [-0.2, 0) is 14.3 Å². The fourth-order valence-corrected chi connectivity index (χ4v) is 2.33. The molecular weight excluding hydrogens is 358 g/mol. The molecule has 1 N–H and O–H groups in total. The lowest BCUT2D eigenvalue weighted by Gasteiger charge is -2.09. The van der Waals surface area contributed by atoms with Crippen LogP contribution >= 0.6 is 11.6 Å². The van der Waals surface area contributed by atoms with Crippen LogP contribution in [0.25, 0.3) is 0 Å². The average Bonchev–Trinajstić information content (AvgIpc) is 2.63. The van der Waals surface area contributed by atoms with E-state index >= 15 is 0 Å². The first-order chi connectivity index (χ1) is 12.5. The first-order valence-corrected chi connectivity index (χ1v) is 8.34. The van der Waals surface area contributed by atoms with E-state index in [4.69, 9.17) is 25.8 Å². The number of ether oxygens (including phenoxy) is 3. The fourth-order valence-electron chi connectivity index (χ4n) is 2.05. The molecule has 0 saturated heterocycles. The van der Waals surface area contributed by atoms with E-state index in [2.05, 4.69) is 5.32 Å². The molecule has 0 heterocycles. The zero-order chi connectivity index (χ0) is 18.9. The van der Waals surface area contributed by atoms with Gasteiger partial charge in [-0.05, 0) is 48.9 Å². The molecule has 7 heteroatoms. The molecular formula is C19H20ClNO5. The Labute approximate surface area is 157 Å². The molecule has 2 rings (SSSR count). The number of esters is 1. The summed E-state index contributed by atoms with van der Waals surface area (Å²) in [5.41, 5.74) is 1.46. The summed E-state index contributed by atoms with van der Waals surface area (Å²) in [7, 11) is 1.58. The molecule has 6 nitrogen and oxygen atoms in total. The number of amides is 1. The summed E-state index contributed by atoms with van der Waals surface area (Å²) >= 11 is 6.04. The molecule has 1 amide bonds. The van der Waals surface area contributed by atoms with Crippen molar-refractivity contribution >= 4 is 29.2 Å². The molecule has 0 fully saturated rings. The molecule has 0 saturated carbocycles. The molecule has 138 valence electrons. The van der Waals surface area contributed by atoms with Gasteiger partial charge in [0.25, 0.3) is 5.91 Å². The van der Waals surface area contributed by atoms with Crippen molar-refractivity contribution in [2.45, 2.75) is 13.3 Å². The van der Waals surface area contributed by atoms with Gasteiger partial charge in [0, 0.05) is 0 Å². The normalized spacial score (nSPS) is 10.1. The molecule has 0 atom stereocenters. The Balaban J connectivity index is 1.68. The standard InChI is InChI=1S/C19H20ClNO5/c1-13-3-8-17(16(20)11-13)21-18(22)12-26-19(23)9-10-25-15-6-4-14(24-2)5-7-15/h3-8,11H,9-10,12H2,1-2H3,(H,21,22). The van der Waals surface area contributed by atoms with Crippen molar-refractivity contribution in [3.63, 3.8) is 0 Å². The summed E-state index contributed by atoms with van der Waals surface area (Å²) in [5, 5.41) is 3.02. The van der Waals surface area contributed by atoms with Gasteiger partial charge in [0.2, 0.25) is 0 Å². The lowest BCUT2D eigenvalue weighted by molar-refractivity contribution is -0.147. The van der Waals surface area contributed by atoms with E-state index in [0.717, 1.165) is 11.3 Å². The van der Waals surface area contributed by atoms with Gasteiger partial charge in [-0.1, -0.05) is 17.7 Å². The molecule has 0 aliphatic rings. The Morgan fingerprint density at radius 1 is 1.08 bits per heavy atom. The maximum Gasteiger partial charge on any atom is 0.309 e. The van der Waals surface area contributed by atoms with Crippen molar-refractivity contribution < 1.29 is 23.8 Å². The van der Waals surface area contributed by atoms with Crippen LogP contribution in [0.5, 0.6) is 11.5 Å². The number of aryl methyl sites for hydroxylation is 1. The van der Waals surface area contributed by atoms with Crippen LogP contribution in [0.3, 0.4) is 0 Å². The van der Waals surface area contributed by atoms with E-state index in [1.807, 2.05) is 13.0 Å². The van der Waals surface area contributed by atoms with E-state index in [-0.39, 0.29) is 19.6 Å². The number of anilines is 1. The summed E-state index contributed by atoms with van der Waals surface area (Å²) in [5.74, 6) is 0.352. The number of nitrogens with one attached hydrogen (secondary N) is 1. The van der Waals surface area contributed by atoms with Crippen LogP contribution in [0.15, 0.2) is 42.5 Å². The van der Waals surface area contributed by atoms with E-state index in [1.54, 1.807) is 43.5 Å². The van der Waals surface area contributed by atoms with Gasteiger partial charge in [-0.3, -0.25) is 9.59 Å². The van der Waals surface area contributed by atoms with Gasteiger partial charge in [-0.15, -0.1) is 0 Å². The molecule has 0 spiro atoms. The highest BCUT2D eigenvalue weighted by molar-refractivity contribution is 6.33. The SMILES string of the molecule is COc1ccc(OCCC(=O)OCC(=O)Nc2ccc(C)cc2Cl)cc1. The third-order valence-electron chi connectivity index (χ3n) is 3.40. The van der Waals surface area contributed by atoms with Gasteiger partial charge in [-0.2, -0.15) is 0 Å². The number of carbonyl (C=O) groups is 2. The minimum Gasteiger partial charge on any atom is -0.497 e. The topological polar surface area (TPSA) is 73.9 Å². The van der Waals surface area contributed by atoms with Crippen molar-refractivity contribution in [2.24, 2.45) is 0 Å². The summed E-state index contributed by atoms with van der Waals surface area (Å²) < 4.78 is 15.4. The van der Waals surface area contributed by atoms with Crippen LogP contribution in [-0.4, -0.2) is 32.2 Å². The van der Waals surface area contributed by atoms with Gasteiger partial charge in [0.15, 0.2) is 6.61 Å². The number of hydrogen-bond donors (Lipinski definition) is 1. The predicted octanol–water partition coefficient (Wildman–Crippen LogP) is 3.61. The zero-order valence-electron chi connectivity index (χ0n) is 14.6. The van der Waals surface area contributed by atoms with Gasteiger partial charge in [-0.25, -0.2) is 0 Å². The largest absolute Gasteiger partial charge is 0.497 e. The van der Waals surface area contributed by atoms with Crippen LogP contribution in [0.1, 0.15) is 12.0 Å². The Hall–Kier alpha value is -2.73. The van der Waals surface area contributed by atoms with E-state index in [1.165, 1.54) is 0 Å². The van der Waals surface area contributed by atoms with Gasteiger partial charge in [0.1, 0.15) is 11.5 Å². The zero-order valence-corrected chi connectivity index (χ0v) is 15.3. The summed E-state index contributed by atoms with van der Waals surface area (Å²) in [6.07, 6.45) is 0.0323. The molecule has 0 bridgehead atoms. The highest BCUT2D eigenvalue weighted by atomic mass is 35.5. The van der Waals surface area contributed by atoms with E-state index in [0.29, 0.717) is 16.5 Å². The maximum atomic E-state index is 11.8. The van der Waals surface area contributed by atoms with Crippen molar-refractivity contribution in [1.29, 1.82) is 0 Å². The molecule has 0 unspecified atom stereocenters. The minimum absolute atomic E-state index is 0.0323. The van der Waals surface area contributed by atoms with Crippen LogP contribution < -0.4 is 14.8 Å². The van der Waals surface area contributed by atoms with Gasteiger partial charge < -0.3 is 19.5 Å². The number of methoxy groups -OCH3 is 1. The first kappa shape index (κ1) is 19.6. The number of halogens is 1. The molecule has 2 aromatic rings. The highest BCUT2D eigenvalue weighted by Crippen LogP contribution is 2.22. The summed E-state index contributed by atoms with van der Waals surface area (Å²) in [4.78, 5) is 23.5. The third kappa shape index (κ3) is 6.29. The molecule has 0 aromatic heterocycles. The second-order valence-electron chi connectivity index (χ2n) is 5.47.